The predicted molar refractivity (Wildman–Crippen MR) is 66.9 cm³/mol. The molecule has 1 aromatic carbocycles. The molecule has 0 saturated heterocycles. The van der Waals surface area contributed by atoms with Crippen molar-refractivity contribution in [2.24, 2.45) is 5.90 Å². The molecule has 0 fully saturated rings. The summed E-state index contributed by atoms with van der Waals surface area (Å²) in [5.41, 5.74) is 1.03. The van der Waals surface area contributed by atoms with E-state index in [0.717, 1.165) is 5.56 Å². The summed E-state index contributed by atoms with van der Waals surface area (Å²) in [5, 5.41) is 0. The Morgan fingerprint density at radius 3 is 2.63 bits per heavy atom. The Morgan fingerprint density at radius 1 is 1.26 bits per heavy atom. The smallest absolute Gasteiger partial charge is 0.374 e. The lowest BCUT2D eigenvalue weighted by Crippen LogP contribution is -2.27. The predicted octanol–water partition coefficient (Wildman–Crippen LogP) is 1.10. The minimum atomic E-state index is -2.68. The molecule has 0 aliphatic rings. The third-order valence-corrected chi connectivity index (χ3v) is 2.49. The van der Waals surface area contributed by atoms with E-state index in [0.29, 0.717) is 6.61 Å². The van der Waals surface area contributed by atoms with Crippen LogP contribution in [-0.2, 0) is 30.0 Å². The van der Waals surface area contributed by atoms with Crippen molar-refractivity contribution in [2.75, 3.05) is 20.0 Å². The van der Waals surface area contributed by atoms with Gasteiger partial charge in [-0.3, -0.25) is 0 Å². The Labute approximate surface area is 112 Å². The molecule has 3 N–H and O–H groups in total. The van der Waals surface area contributed by atoms with E-state index >= 15 is 0 Å². The summed E-state index contributed by atoms with van der Waals surface area (Å²) in [4.78, 5) is 12.9. The van der Waals surface area contributed by atoms with Crippen molar-refractivity contribution in [1.29, 1.82) is 0 Å². The van der Waals surface area contributed by atoms with Crippen molar-refractivity contribution in [3.05, 3.63) is 35.9 Å². The van der Waals surface area contributed by atoms with Gasteiger partial charge in [-0.15, -0.1) is 4.89 Å². The molecule has 0 saturated carbocycles. The third kappa shape index (κ3) is 7.97. The maximum atomic E-state index is 10.3. The van der Waals surface area contributed by atoms with Gasteiger partial charge in [0.15, 0.2) is 0 Å². The van der Waals surface area contributed by atoms with Crippen molar-refractivity contribution >= 4 is 8.25 Å². The minimum Gasteiger partial charge on any atom is -0.374 e. The van der Waals surface area contributed by atoms with E-state index in [9.17, 15) is 4.57 Å². The monoisotopic (exact) mass is 290 g/mol. The number of rotatable bonds is 10. The van der Waals surface area contributed by atoms with E-state index in [4.69, 9.17) is 20.3 Å². The van der Waals surface area contributed by atoms with Crippen LogP contribution in [0.4, 0.5) is 0 Å². The second-order valence-electron chi connectivity index (χ2n) is 3.61. The van der Waals surface area contributed by atoms with Gasteiger partial charge in [-0.1, -0.05) is 34.9 Å². The Morgan fingerprint density at radius 2 is 2.00 bits per heavy atom. The van der Waals surface area contributed by atoms with Crippen molar-refractivity contribution < 1.29 is 28.3 Å². The number of benzene rings is 1. The van der Waals surface area contributed by atoms with E-state index < -0.39 is 14.4 Å². The quantitative estimate of drug-likeness (QED) is 0.378. The molecule has 0 aliphatic heterocycles. The fourth-order valence-corrected chi connectivity index (χ4v) is 1.46. The van der Waals surface area contributed by atoms with Crippen molar-refractivity contribution in [1.82, 2.24) is 0 Å². The topological polar surface area (TPSA) is 100 Å². The SMILES string of the molecule is NOCC(COCc1ccccc1)OCO[P+](=O)O. The van der Waals surface area contributed by atoms with Crippen LogP contribution in [-0.4, -0.2) is 31.0 Å². The van der Waals surface area contributed by atoms with Crippen molar-refractivity contribution in [3.63, 3.8) is 0 Å². The van der Waals surface area contributed by atoms with Crippen LogP contribution < -0.4 is 5.90 Å². The molecule has 0 spiro atoms. The van der Waals surface area contributed by atoms with Crippen molar-refractivity contribution in [3.8, 4) is 0 Å². The van der Waals surface area contributed by atoms with Gasteiger partial charge in [-0.25, -0.2) is 5.90 Å². The largest absolute Gasteiger partial charge is 0.697 e. The molecule has 0 amide bonds. The summed E-state index contributed by atoms with van der Waals surface area (Å²) in [5.74, 6) is 4.96. The van der Waals surface area contributed by atoms with Crippen LogP contribution in [0.3, 0.4) is 0 Å². The summed E-state index contributed by atoms with van der Waals surface area (Å²) in [6.45, 7) is 0.437. The first-order chi connectivity index (χ1) is 9.22. The maximum Gasteiger partial charge on any atom is 0.697 e. The van der Waals surface area contributed by atoms with Gasteiger partial charge < -0.3 is 14.3 Å². The zero-order chi connectivity index (χ0) is 13.9. The first kappa shape index (κ1) is 16.1. The van der Waals surface area contributed by atoms with Gasteiger partial charge in [-0.05, 0) is 5.56 Å². The number of nitrogens with two attached hydrogens (primary N) is 1. The van der Waals surface area contributed by atoms with Gasteiger partial charge in [0.25, 0.3) is 0 Å². The molecule has 1 rings (SSSR count). The van der Waals surface area contributed by atoms with Gasteiger partial charge in [0, 0.05) is 4.57 Å². The molecule has 8 heteroatoms. The molecule has 0 aromatic heterocycles. The summed E-state index contributed by atoms with van der Waals surface area (Å²) < 4.78 is 25.2. The van der Waals surface area contributed by atoms with E-state index in [1.54, 1.807) is 0 Å². The Balaban J connectivity index is 2.23. The maximum absolute atomic E-state index is 10.3. The first-order valence-corrected chi connectivity index (χ1v) is 6.69. The second kappa shape index (κ2) is 9.94. The molecule has 0 aliphatic carbocycles. The van der Waals surface area contributed by atoms with E-state index in [1.165, 1.54) is 0 Å². The zero-order valence-electron chi connectivity index (χ0n) is 10.3. The van der Waals surface area contributed by atoms with Crippen LogP contribution in [0.1, 0.15) is 5.56 Å². The Bertz CT molecular complexity index is 363. The lowest BCUT2D eigenvalue weighted by molar-refractivity contribution is -0.103. The van der Waals surface area contributed by atoms with Gasteiger partial charge in [0.2, 0.25) is 6.79 Å². The Hall–Kier alpha value is -0.920. The summed E-state index contributed by atoms with van der Waals surface area (Å²) >= 11 is 0. The van der Waals surface area contributed by atoms with E-state index in [-0.39, 0.29) is 20.0 Å². The Kier molecular flexibility index (Phi) is 8.44. The first-order valence-electron chi connectivity index (χ1n) is 5.56. The van der Waals surface area contributed by atoms with Crippen LogP contribution >= 0.6 is 8.25 Å². The lowest BCUT2D eigenvalue weighted by Gasteiger charge is -2.15. The molecule has 0 radical (unpaired) electrons. The number of hydrogen-bond donors (Lipinski definition) is 2. The highest BCUT2D eigenvalue weighted by Gasteiger charge is 2.16. The average Bonchev–Trinajstić information content (AvgIpc) is 2.39. The molecule has 2 atom stereocenters. The molecule has 0 heterocycles. The average molecular weight is 290 g/mol. The van der Waals surface area contributed by atoms with Gasteiger partial charge in [0.05, 0.1) is 19.8 Å². The number of ether oxygens (including phenoxy) is 2. The fourth-order valence-electron chi connectivity index (χ4n) is 1.31. The second-order valence-corrected chi connectivity index (χ2v) is 4.34. The van der Waals surface area contributed by atoms with Crippen LogP contribution in [0.5, 0.6) is 0 Å². The molecular formula is C11H17NO6P+. The summed E-state index contributed by atoms with van der Waals surface area (Å²) in [6.07, 6.45) is -0.469. The van der Waals surface area contributed by atoms with Gasteiger partial charge >= 0.3 is 8.25 Å². The van der Waals surface area contributed by atoms with Crippen LogP contribution in [0.25, 0.3) is 0 Å². The normalized spacial score (nSPS) is 13.3. The molecule has 0 bridgehead atoms. The van der Waals surface area contributed by atoms with E-state index in [2.05, 4.69) is 9.36 Å². The van der Waals surface area contributed by atoms with E-state index in [1.807, 2.05) is 30.3 Å². The third-order valence-electron chi connectivity index (χ3n) is 2.16. The molecule has 1 aromatic rings. The highest BCUT2D eigenvalue weighted by atomic mass is 31.1. The fraction of sp³-hybridized carbons (Fsp3) is 0.455. The lowest BCUT2D eigenvalue weighted by atomic mass is 10.2. The molecule has 2 unspecified atom stereocenters. The standard InChI is InChI=1S/C11H16NO6P/c12-17-8-11(16-9-18-19(13)14)7-15-6-10-4-2-1-3-5-10/h1-5,11H,6-9,12H2/p+1. The zero-order valence-corrected chi connectivity index (χ0v) is 11.2. The van der Waals surface area contributed by atoms with Gasteiger partial charge in [0.1, 0.15) is 6.10 Å². The molecule has 19 heavy (non-hydrogen) atoms. The number of hydrogen-bond acceptors (Lipinski definition) is 6. The van der Waals surface area contributed by atoms with Gasteiger partial charge in [-0.2, -0.15) is 0 Å². The molecular weight excluding hydrogens is 273 g/mol. The van der Waals surface area contributed by atoms with Crippen LogP contribution in [0.2, 0.25) is 0 Å². The summed E-state index contributed by atoms with van der Waals surface area (Å²) in [7, 11) is -2.68. The molecule has 106 valence electrons. The highest BCUT2D eigenvalue weighted by molar-refractivity contribution is 7.32. The molecule has 7 nitrogen and oxygen atoms in total. The van der Waals surface area contributed by atoms with Crippen molar-refractivity contribution in [2.45, 2.75) is 12.7 Å². The van der Waals surface area contributed by atoms with Crippen LogP contribution in [0, 0.1) is 0 Å². The minimum absolute atomic E-state index is 0.0976. The highest BCUT2D eigenvalue weighted by Crippen LogP contribution is 2.14. The van der Waals surface area contributed by atoms with Crippen LogP contribution in [0.15, 0.2) is 30.3 Å². The summed E-state index contributed by atoms with van der Waals surface area (Å²) in [6, 6.07) is 9.64.